The Morgan fingerprint density at radius 1 is 0.893 bits per heavy atom. The van der Waals surface area contributed by atoms with E-state index in [2.05, 4.69) is 22.9 Å². The minimum absolute atomic E-state index is 0.358. The summed E-state index contributed by atoms with van der Waals surface area (Å²) in [5, 5.41) is 4.47. The number of hydrogen-bond acceptors (Lipinski definition) is 3. The molecule has 0 unspecified atom stereocenters. The van der Waals surface area contributed by atoms with E-state index in [-0.39, 0.29) is 11.8 Å². The fourth-order valence-corrected chi connectivity index (χ4v) is 3.08. The molecule has 0 bridgehead atoms. The summed E-state index contributed by atoms with van der Waals surface area (Å²) in [6.45, 7) is 6.27. The average molecular weight is 376 g/mol. The zero-order valence-corrected chi connectivity index (χ0v) is 16.3. The summed E-state index contributed by atoms with van der Waals surface area (Å²) in [6.07, 6.45) is 0.907. The molecule has 0 aliphatic carbocycles. The lowest BCUT2D eigenvalue weighted by Gasteiger charge is -2.09. The van der Waals surface area contributed by atoms with Gasteiger partial charge in [0, 0.05) is 11.3 Å². The lowest BCUT2D eigenvalue weighted by molar-refractivity contribution is 0.0846. The summed E-state index contributed by atoms with van der Waals surface area (Å²) >= 11 is 0. The van der Waals surface area contributed by atoms with Crippen molar-refractivity contribution in [2.24, 2.45) is 0 Å². The number of hydrazine groups is 1. The summed E-state index contributed by atoms with van der Waals surface area (Å²) in [6, 6.07) is 17.2. The molecule has 6 nitrogen and oxygen atoms in total. The molecule has 6 heteroatoms. The third-order valence-electron chi connectivity index (χ3n) is 4.70. The van der Waals surface area contributed by atoms with Gasteiger partial charge in [-0.15, -0.1) is 0 Å². The lowest BCUT2D eigenvalue weighted by atomic mass is 10.1. The van der Waals surface area contributed by atoms with Gasteiger partial charge in [0.05, 0.1) is 17.8 Å². The molecule has 3 aromatic rings. The minimum Gasteiger partial charge on any atom is -0.267 e. The van der Waals surface area contributed by atoms with E-state index >= 15 is 0 Å². The first-order chi connectivity index (χ1) is 13.5. The van der Waals surface area contributed by atoms with Crippen molar-refractivity contribution in [3.63, 3.8) is 0 Å². The van der Waals surface area contributed by atoms with Crippen molar-refractivity contribution in [2.45, 2.75) is 33.7 Å². The molecule has 2 aromatic carbocycles. The second-order valence-corrected chi connectivity index (χ2v) is 6.65. The molecular weight excluding hydrogens is 352 g/mol. The molecule has 28 heavy (non-hydrogen) atoms. The molecule has 0 radical (unpaired) electrons. The molecular formula is C22H24N4O2. The predicted molar refractivity (Wildman–Crippen MR) is 108 cm³/mol. The van der Waals surface area contributed by atoms with Gasteiger partial charge in [-0.05, 0) is 43.5 Å². The molecule has 2 amide bonds. The Kier molecular flexibility index (Phi) is 5.89. The number of carbonyl (C=O) groups is 2. The number of rotatable bonds is 5. The maximum absolute atomic E-state index is 12.6. The molecule has 0 atom stereocenters. The highest BCUT2D eigenvalue weighted by Gasteiger charge is 2.19. The summed E-state index contributed by atoms with van der Waals surface area (Å²) in [7, 11) is 0. The SMILES string of the molecule is CCc1ccc(C(=O)NNC(=O)c2c(C)nn(Cc3ccccc3)c2C)cc1. The fourth-order valence-electron chi connectivity index (χ4n) is 3.08. The summed E-state index contributed by atoms with van der Waals surface area (Å²) in [5.74, 6) is -0.740. The highest BCUT2D eigenvalue weighted by Crippen LogP contribution is 2.14. The Balaban J connectivity index is 1.67. The third kappa shape index (κ3) is 4.28. The number of nitrogens with zero attached hydrogens (tertiary/aromatic N) is 2. The Morgan fingerprint density at radius 2 is 1.54 bits per heavy atom. The zero-order valence-electron chi connectivity index (χ0n) is 16.3. The molecule has 0 saturated heterocycles. The van der Waals surface area contributed by atoms with Crippen LogP contribution in [0.3, 0.4) is 0 Å². The minimum atomic E-state index is -0.382. The smallest absolute Gasteiger partial charge is 0.267 e. The Morgan fingerprint density at radius 3 is 2.18 bits per heavy atom. The fraction of sp³-hybridized carbons (Fsp3) is 0.227. The van der Waals surface area contributed by atoms with Gasteiger partial charge < -0.3 is 0 Å². The topological polar surface area (TPSA) is 76.0 Å². The second-order valence-electron chi connectivity index (χ2n) is 6.65. The molecule has 2 N–H and O–H groups in total. The van der Waals surface area contributed by atoms with Gasteiger partial charge in [-0.3, -0.25) is 25.1 Å². The standard InChI is InChI=1S/C22H24N4O2/c1-4-17-10-12-19(13-11-17)21(27)23-24-22(28)20-15(2)25-26(16(20)3)14-18-8-6-5-7-9-18/h5-13H,4,14H2,1-3H3,(H,23,27)(H,24,28). The first-order valence-corrected chi connectivity index (χ1v) is 9.27. The van der Waals surface area contributed by atoms with E-state index in [1.165, 1.54) is 0 Å². The van der Waals surface area contributed by atoms with E-state index in [1.54, 1.807) is 23.7 Å². The highest BCUT2D eigenvalue weighted by molar-refractivity contribution is 6.00. The number of hydrogen-bond donors (Lipinski definition) is 2. The number of aryl methyl sites for hydroxylation is 2. The number of benzene rings is 2. The van der Waals surface area contributed by atoms with Gasteiger partial charge in [0.2, 0.25) is 0 Å². The van der Waals surface area contributed by atoms with Gasteiger partial charge in [0.15, 0.2) is 0 Å². The second kappa shape index (κ2) is 8.52. The van der Waals surface area contributed by atoms with Gasteiger partial charge in [-0.25, -0.2) is 0 Å². The van der Waals surface area contributed by atoms with E-state index < -0.39 is 0 Å². The monoisotopic (exact) mass is 376 g/mol. The molecule has 0 aliphatic heterocycles. The van der Waals surface area contributed by atoms with Gasteiger partial charge in [-0.1, -0.05) is 49.4 Å². The molecule has 0 aliphatic rings. The number of nitrogens with one attached hydrogen (secondary N) is 2. The normalized spacial score (nSPS) is 10.5. The molecule has 0 spiro atoms. The maximum atomic E-state index is 12.6. The number of aromatic nitrogens is 2. The highest BCUT2D eigenvalue weighted by atomic mass is 16.2. The average Bonchev–Trinajstić information content (AvgIpc) is 2.99. The van der Waals surface area contributed by atoms with Crippen LogP contribution in [0.1, 0.15) is 50.2 Å². The van der Waals surface area contributed by atoms with Crippen LogP contribution in [0, 0.1) is 13.8 Å². The summed E-state index contributed by atoms with van der Waals surface area (Å²) < 4.78 is 1.80. The van der Waals surface area contributed by atoms with Crippen molar-refractivity contribution < 1.29 is 9.59 Å². The van der Waals surface area contributed by atoms with E-state index in [4.69, 9.17) is 0 Å². The van der Waals surface area contributed by atoms with E-state index in [9.17, 15) is 9.59 Å². The quantitative estimate of drug-likeness (QED) is 0.672. The number of amides is 2. The van der Waals surface area contributed by atoms with Crippen LogP contribution in [0.2, 0.25) is 0 Å². The number of carbonyl (C=O) groups excluding carboxylic acids is 2. The molecule has 1 aromatic heterocycles. The van der Waals surface area contributed by atoms with Crippen LogP contribution < -0.4 is 10.9 Å². The van der Waals surface area contributed by atoms with Crippen LogP contribution in [0.25, 0.3) is 0 Å². The van der Waals surface area contributed by atoms with Gasteiger partial charge in [-0.2, -0.15) is 5.10 Å². The van der Waals surface area contributed by atoms with Crippen molar-refractivity contribution in [1.29, 1.82) is 0 Å². The van der Waals surface area contributed by atoms with Crippen molar-refractivity contribution in [3.8, 4) is 0 Å². The van der Waals surface area contributed by atoms with E-state index in [0.29, 0.717) is 23.4 Å². The van der Waals surface area contributed by atoms with Crippen LogP contribution in [0.15, 0.2) is 54.6 Å². The van der Waals surface area contributed by atoms with Crippen LogP contribution in [0.4, 0.5) is 0 Å². The predicted octanol–water partition coefficient (Wildman–Crippen LogP) is 3.19. The van der Waals surface area contributed by atoms with Crippen molar-refractivity contribution in [2.75, 3.05) is 0 Å². The molecule has 0 saturated carbocycles. The van der Waals surface area contributed by atoms with Crippen molar-refractivity contribution in [1.82, 2.24) is 20.6 Å². The summed E-state index contributed by atoms with van der Waals surface area (Å²) in [4.78, 5) is 24.9. The maximum Gasteiger partial charge on any atom is 0.273 e. The van der Waals surface area contributed by atoms with Crippen molar-refractivity contribution in [3.05, 3.63) is 88.2 Å². The largest absolute Gasteiger partial charge is 0.273 e. The first-order valence-electron chi connectivity index (χ1n) is 9.27. The molecule has 0 fully saturated rings. The van der Waals surface area contributed by atoms with Crippen LogP contribution in [0.5, 0.6) is 0 Å². The lowest BCUT2D eigenvalue weighted by Crippen LogP contribution is -2.42. The van der Waals surface area contributed by atoms with Crippen molar-refractivity contribution >= 4 is 11.8 Å². The van der Waals surface area contributed by atoms with Crippen LogP contribution in [-0.2, 0) is 13.0 Å². The van der Waals surface area contributed by atoms with Crippen LogP contribution >= 0.6 is 0 Å². The Labute approximate surface area is 164 Å². The zero-order chi connectivity index (χ0) is 20.1. The van der Waals surface area contributed by atoms with Crippen LogP contribution in [-0.4, -0.2) is 21.6 Å². The first kappa shape index (κ1) is 19.4. The molecule has 144 valence electrons. The van der Waals surface area contributed by atoms with E-state index in [0.717, 1.165) is 23.2 Å². The molecule has 1 heterocycles. The van der Waals surface area contributed by atoms with E-state index in [1.807, 2.05) is 49.4 Å². The third-order valence-corrected chi connectivity index (χ3v) is 4.70. The Hall–Kier alpha value is -3.41. The molecule has 3 rings (SSSR count). The van der Waals surface area contributed by atoms with Gasteiger partial charge in [0.1, 0.15) is 0 Å². The Bertz CT molecular complexity index is 976. The van der Waals surface area contributed by atoms with Gasteiger partial charge in [0.25, 0.3) is 11.8 Å². The van der Waals surface area contributed by atoms with Gasteiger partial charge >= 0.3 is 0 Å². The summed E-state index contributed by atoms with van der Waals surface area (Å²) in [5.41, 5.74) is 9.55.